The molecule has 0 N–H and O–H groups in total. The van der Waals surface area contributed by atoms with E-state index >= 15 is 0 Å². The SMILES string of the molecule is Cn1c(C(F)(F)F)cc(=O)n(-c2cc(C(=O)OC3CCCOC3)c(Cl)cc2F)c1=O. The number of nitrogens with zero attached hydrogens (tertiary/aromatic N) is 2. The van der Waals surface area contributed by atoms with Gasteiger partial charge in [0.05, 0.1) is 22.9 Å². The van der Waals surface area contributed by atoms with Crippen LogP contribution in [0.3, 0.4) is 0 Å². The Morgan fingerprint density at radius 1 is 1.27 bits per heavy atom. The molecule has 3 rings (SSSR count). The first-order valence-electron chi connectivity index (χ1n) is 8.69. The van der Waals surface area contributed by atoms with Gasteiger partial charge in [-0.3, -0.25) is 9.36 Å². The van der Waals surface area contributed by atoms with E-state index in [0.29, 0.717) is 25.5 Å². The average molecular weight is 451 g/mol. The Morgan fingerprint density at radius 2 is 1.97 bits per heavy atom. The van der Waals surface area contributed by atoms with E-state index in [1.807, 2.05) is 0 Å². The summed E-state index contributed by atoms with van der Waals surface area (Å²) < 4.78 is 64.2. The average Bonchev–Trinajstić information content (AvgIpc) is 2.66. The van der Waals surface area contributed by atoms with Crippen molar-refractivity contribution in [3.63, 3.8) is 0 Å². The Labute approximate surface area is 171 Å². The van der Waals surface area contributed by atoms with Gasteiger partial charge in [0, 0.05) is 19.7 Å². The third-order valence-corrected chi connectivity index (χ3v) is 4.81. The fraction of sp³-hybridized carbons (Fsp3) is 0.389. The molecular weight excluding hydrogens is 436 g/mol. The summed E-state index contributed by atoms with van der Waals surface area (Å²) in [5, 5.41) is -0.352. The van der Waals surface area contributed by atoms with Crippen LogP contribution >= 0.6 is 11.6 Å². The summed E-state index contributed by atoms with van der Waals surface area (Å²) in [6, 6.07) is 1.63. The lowest BCUT2D eigenvalue weighted by atomic mass is 10.1. The van der Waals surface area contributed by atoms with Gasteiger partial charge in [0.25, 0.3) is 5.56 Å². The van der Waals surface area contributed by atoms with Crippen LogP contribution in [-0.4, -0.2) is 34.4 Å². The summed E-state index contributed by atoms with van der Waals surface area (Å²) in [4.78, 5) is 37.0. The van der Waals surface area contributed by atoms with Crippen LogP contribution in [0, 0.1) is 5.82 Å². The van der Waals surface area contributed by atoms with E-state index in [1.165, 1.54) is 0 Å². The molecule has 0 amide bonds. The molecule has 0 aliphatic carbocycles. The van der Waals surface area contributed by atoms with Gasteiger partial charge < -0.3 is 9.47 Å². The van der Waals surface area contributed by atoms with Gasteiger partial charge >= 0.3 is 17.8 Å². The number of carbonyl (C=O) groups is 1. The standard InChI is InChI=1S/C18H15ClF4N2O5/c1-24-14(18(21,22)23)7-15(26)25(17(24)28)13-5-10(11(19)6-12(13)20)16(27)30-9-3-2-4-29-8-9/h5-7,9H,2-4,8H2,1H3. The van der Waals surface area contributed by atoms with Gasteiger partial charge in [0.15, 0.2) is 0 Å². The van der Waals surface area contributed by atoms with Crippen LogP contribution in [-0.2, 0) is 22.7 Å². The molecule has 0 radical (unpaired) electrons. The third-order valence-electron chi connectivity index (χ3n) is 4.50. The van der Waals surface area contributed by atoms with Crippen LogP contribution in [0.15, 0.2) is 27.8 Å². The van der Waals surface area contributed by atoms with E-state index in [2.05, 4.69) is 0 Å². The highest BCUT2D eigenvalue weighted by molar-refractivity contribution is 6.33. The number of ether oxygens (including phenoxy) is 2. The number of benzene rings is 1. The zero-order chi connectivity index (χ0) is 22.2. The Balaban J connectivity index is 2.08. The molecule has 1 saturated heterocycles. The van der Waals surface area contributed by atoms with Crippen molar-refractivity contribution in [3.8, 4) is 5.69 Å². The van der Waals surface area contributed by atoms with Gasteiger partial charge in [0.2, 0.25) is 0 Å². The molecule has 12 heteroatoms. The highest BCUT2D eigenvalue weighted by Crippen LogP contribution is 2.28. The van der Waals surface area contributed by atoms with E-state index in [0.717, 1.165) is 13.1 Å². The summed E-state index contributed by atoms with van der Waals surface area (Å²) in [6.45, 7) is 0.686. The number of carbonyl (C=O) groups excluding carboxylic acids is 1. The van der Waals surface area contributed by atoms with E-state index in [1.54, 1.807) is 0 Å². The van der Waals surface area contributed by atoms with Gasteiger partial charge in [0.1, 0.15) is 17.6 Å². The molecule has 2 aromatic rings. The predicted octanol–water partition coefficient (Wildman–Crippen LogP) is 2.68. The predicted molar refractivity (Wildman–Crippen MR) is 96.5 cm³/mol. The maximum absolute atomic E-state index is 14.5. The number of hydrogen-bond donors (Lipinski definition) is 0. The molecule has 7 nitrogen and oxygen atoms in total. The second kappa shape index (κ2) is 8.23. The van der Waals surface area contributed by atoms with E-state index in [-0.39, 0.29) is 32.4 Å². The fourth-order valence-electron chi connectivity index (χ4n) is 3.00. The smallest absolute Gasteiger partial charge is 0.431 e. The van der Waals surface area contributed by atoms with Crippen LogP contribution in [0.2, 0.25) is 5.02 Å². The normalized spacial score (nSPS) is 17.1. The molecule has 0 saturated carbocycles. The summed E-state index contributed by atoms with van der Waals surface area (Å²) >= 11 is 5.91. The molecule has 1 aromatic heterocycles. The quantitative estimate of drug-likeness (QED) is 0.530. The van der Waals surface area contributed by atoms with E-state index < -0.39 is 46.7 Å². The van der Waals surface area contributed by atoms with Crippen molar-refractivity contribution in [3.05, 3.63) is 61.1 Å². The number of alkyl halides is 3. The van der Waals surface area contributed by atoms with Crippen molar-refractivity contribution in [1.82, 2.24) is 9.13 Å². The maximum atomic E-state index is 14.5. The highest BCUT2D eigenvalue weighted by Gasteiger charge is 2.35. The molecule has 1 aliphatic heterocycles. The Bertz CT molecular complexity index is 1100. The minimum absolute atomic E-state index is 0.160. The molecule has 1 aromatic carbocycles. The summed E-state index contributed by atoms with van der Waals surface area (Å²) in [7, 11) is 0.785. The molecule has 1 aliphatic rings. The summed E-state index contributed by atoms with van der Waals surface area (Å²) in [6.07, 6.45) is -4.33. The van der Waals surface area contributed by atoms with Crippen LogP contribution < -0.4 is 11.2 Å². The van der Waals surface area contributed by atoms with Crippen molar-refractivity contribution < 1.29 is 31.8 Å². The van der Waals surface area contributed by atoms with Crippen molar-refractivity contribution in [2.75, 3.05) is 13.2 Å². The lowest BCUT2D eigenvalue weighted by molar-refractivity contribution is -0.144. The van der Waals surface area contributed by atoms with Crippen molar-refractivity contribution in [2.45, 2.75) is 25.1 Å². The number of halogens is 5. The maximum Gasteiger partial charge on any atom is 0.431 e. The zero-order valence-corrected chi connectivity index (χ0v) is 16.2. The molecule has 30 heavy (non-hydrogen) atoms. The van der Waals surface area contributed by atoms with Crippen LogP contribution in [0.4, 0.5) is 17.6 Å². The number of rotatable bonds is 3. The fourth-order valence-corrected chi connectivity index (χ4v) is 3.23. The summed E-state index contributed by atoms with van der Waals surface area (Å²) in [5.74, 6) is -2.13. The van der Waals surface area contributed by atoms with Gasteiger partial charge in [-0.2, -0.15) is 13.2 Å². The molecule has 0 bridgehead atoms. The van der Waals surface area contributed by atoms with Crippen molar-refractivity contribution in [2.24, 2.45) is 7.05 Å². The van der Waals surface area contributed by atoms with Crippen molar-refractivity contribution in [1.29, 1.82) is 0 Å². The van der Waals surface area contributed by atoms with Crippen LogP contribution in [0.5, 0.6) is 0 Å². The Kier molecular flexibility index (Phi) is 6.04. The topological polar surface area (TPSA) is 79.5 Å². The second-order valence-electron chi connectivity index (χ2n) is 6.57. The number of esters is 1. The molecule has 2 heterocycles. The first-order chi connectivity index (χ1) is 14.0. The van der Waals surface area contributed by atoms with Crippen LogP contribution in [0.25, 0.3) is 5.69 Å². The molecule has 162 valence electrons. The molecule has 0 spiro atoms. The number of hydrogen-bond acceptors (Lipinski definition) is 5. The molecule has 1 unspecified atom stereocenters. The van der Waals surface area contributed by atoms with Crippen LogP contribution in [0.1, 0.15) is 28.9 Å². The lowest BCUT2D eigenvalue weighted by Gasteiger charge is -2.22. The first-order valence-corrected chi connectivity index (χ1v) is 9.07. The Hall–Kier alpha value is -2.66. The largest absolute Gasteiger partial charge is 0.456 e. The Morgan fingerprint density at radius 3 is 2.57 bits per heavy atom. The lowest BCUT2D eigenvalue weighted by Crippen LogP contribution is -2.41. The monoisotopic (exact) mass is 450 g/mol. The highest BCUT2D eigenvalue weighted by atomic mass is 35.5. The van der Waals surface area contributed by atoms with E-state index in [4.69, 9.17) is 21.1 Å². The van der Waals surface area contributed by atoms with Gasteiger partial charge in [-0.1, -0.05) is 11.6 Å². The third kappa shape index (κ3) is 4.26. The molecule has 1 fully saturated rings. The zero-order valence-electron chi connectivity index (χ0n) is 15.5. The minimum atomic E-state index is -4.97. The number of aromatic nitrogens is 2. The second-order valence-corrected chi connectivity index (χ2v) is 6.98. The summed E-state index contributed by atoms with van der Waals surface area (Å²) in [5.41, 5.74) is -5.46. The minimum Gasteiger partial charge on any atom is -0.456 e. The molecular formula is C18H15ClF4N2O5. The van der Waals surface area contributed by atoms with E-state index in [9.17, 15) is 31.9 Å². The van der Waals surface area contributed by atoms with Gasteiger partial charge in [-0.05, 0) is 25.0 Å². The van der Waals surface area contributed by atoms with Crippen molar-refractivity contribution >= 4 is 17.6 Å². The first kappa shape index (κ1) is 22.0. The van der Waals surface area contributed by atoms with Gasteiger partial charge in [-0.15, -0.1) is 0 Å². The van der Waals surface area contributed by atoms with Gasteiger partial charge in [-0.25, -0.2) is 18.5 Å². The molecule has 1 atom stereocenters.